The van der Waals surface area contributed by atoms with Crippen LogP contribution in [-0.4, -0.2) is 74.8 Å². The molecule has 0 saturated heterocycles. The second-order valence-electron chi connectivity index (χ2n) is 18.6. The van der Waals surface area contributed by atoms with E-state index in [4.69, 9.17) is 0 Å². The molecule has 9 heteroatoms. The average Bonchev–Trinajstić information content (AvgIpc) is 3.27. The molecule has 360 valence electrons. The largest absolute Gasteiger partial charge is 2.00 e. The fraction of sp³-hybridized carbons (Fsp3) is 0.643. The van der Waals surface area contributed by atoms with Crippen molar-refractivity contribution in [3.63, 3.8) is 0 Å². The Morgan fingerprint density at radius 1 is 0.323 bits per heavy atom. The smallest absolute Gasteiger partial charge is 0.744 e. The zero-order valence-electron chi connectivity index (χ0n) is 41.4. The molecule has 0 spiro atoms. The molecule has 6 nitrogen and oxygen atoms in total. The van der Waals surface area contributed by atoms with E-state index in [1.165, 1.54) is 152 Å². The van der Waals surface area contributed by atoms with Crippen LogP contribution in [0.2, 0.25) is 0 Å². The van der Waals surface area contributed by atoms with Gasteiger partial charge in [0.05, 0.1) is 9.79 Å². The molecule has 0 aliphatic heterocycles. The van der Waals surface area contributed by atoms with Crippen LogP contribution in [0.15, 0.2) is 70.5 Å². The van der Waals surface area contributed by atoms with Crippen molar-refractivity contribution in [1.82, 2.24) is 0 Å². The minimum Gasteiger partial charge on any atom is -0.744 e. The van der Waals surface area contributed by atoms with Gasteiger partial charge >= 0.3 is 48.9 Å². The Hall–Kier alpha value is -1.21. The fourth-order valence-electron chi connectivity index (χ4n) is 9.22. The molecule has 0 N–H and O–H groups in total. The standard InChI is InChI=1S/2C28H44O3S.Ba/c2*1-3-5-7-9-11-13-15-18-24-20-17-21-27-25(19-16-14-12-10-8-6-4-2)22-26(23-28(24)27)32(29,30)31;/h2*17,20-23H,3-16,18-19H2,1-2H3,(H,29,30,31);/q;;+2/p-2. The molecule has 0 heterocycles. The predicted molar refractivity (Wildman–Crippen MR) is 276 cm³/mol. The minimum absolute atomic E-state index is 0. The monoisotopic (exact) mass is 1060 g/mol. The molecule has 0 unspecified atom stereocenters. The molecule has 4 aromatic rings. The summed E-state index contributed by atoms with van der Waals surface area (Å²) in [5, 5.41) is 4.13. The fourth-order valence-corrected chi connectivity index (χ4v) is 10.3. The Balaban J connectivity index is 0.000000440. The van der Waals surface area contributed by atoms with Crippen LogP contribution in [0, 0.1) is 0 Å². The molecule has 0 saturated carbocycles. The van der Waals surface area contributed by atoms with Gasteiger partial charge in [0, 0.05) is 0 Å². The van der Waals surface area contributed by atoms with Gasteiger partial charge in [-0.2, -0.15) is 0 Å². The van der Waals surface area contributed by atoms with Crippen molar-refractivity contribution in [2.75, 3.05) is 0 Å². The first-order valence-electron chi connectivity index (χ1n) is 25.9. The predicted octanol–water partition coefficient (Wildman–Crippen LogP) is 16.3. The van der Waals surface area contributed by atoms with Crippen LogP contribution in [0.1, 0.15) is 230 Å². The maximum Gasteiger partial charge on any atom is 2.00 e. The van der Waals surface area contributed by atoms with Crippen LogP contribution in [0.4, 0.5) is 0 Å². The molecular formula is C56H86BaO6S2. The van der Waals surface area contributed by atoms with E-state index in [1.54, 1.807) is 24.3 Å². The second kappa shape index (κ2) is 35.0. The number of fused-ring (bicyclic) bond motifs is 2. The van der Waals surface area contributed by atoms with Gasteiger partial charge in [-0.15, -0.1) is 0 Å². The molecule has 0 amide bonds. The molecule has 0 fully saturated rings. The van der Waals surface area contributed by atoms with Crippen molar-refractivity contribution in [3.05, 3.63) is 82.9 Å². The van der Waals surface area contributed by atoms with Gasteiger partial charge in [0.1, 0.15) is 20.2 Å². The summed E-state index contributed by atoms with van der Waals surface area (Å²) in [4.78, 5) is -0.148. The molecule has 4 rings (SSSR count). The summed E-state index contributed by atoms with van der Waals surface area (Å²) in [6.07, 6.45) is 38.1. The molecule has 65 heavy (non-hydrogen) atoms. The summed E-state index contributed by atoms with van der Waals surface area (Å²) in [5.41, 5.74) is 4.35. The summed E-state index contributed by atoms with van der Waals surface area (Å²) in [5.74, 6) is 0. The summed E-state index contributed by atoms with van der Waals surface area (Å²) in [7, 11) is -8.93. The third kappa shape index (κ3) is 23.8. The average molecular weight is 1060 g/mol. The Kier molecular flexibility index (Phi) is 32.2. The van der Waals surface area contributed by atoms with Gasteiger partial charge in [-0.3, -0.25) is 0 Å². The van der Waals surface area contributed by atoms with E-state index in [1.807, 2.05) is 0 Å². The van der Waals surface area contributed by atoms with Crippen LogP contribution in [0.25, 0.3) is 21.5 Å². The van der Waals surface area contributed by atoms with Gasteiger partial charge in [-0.1, -0.05) is 218 Å². The molecular weight excluding hydrogens is 970 g/mol. The zero-order chi connectivity index (χ0) is 46.5. The normalized spacial score (nSPS) is 11.8. The van der Waals surface area contributed by atoms with Crippen LogP contribution in [0.3, 0.4) is 0 Å². The first-order valence-corrected chi connectivity index (χ1v) is 28.8. The topological polar surface area (TPSA) is 114 Å². The van der Waals surface area contributed by atoms with Crippen molar-refractivity contribution < 1.29 is 25.9 Å². The summed E-state index contributed by atoms with van der Waals surface area (Å²) in [6.45, 7) is 8.92. The third-order valence-electron chi connectivity index (χ3n) is 13.1. The van der Waals surface area contributed by atoms with Crippen LogP contribution < -0.4 is 0 Å². The number of benzene rings is 4. The first-order chi connectivity index (χ1) is 30.9. The van der Waals surface area contributed by atoms with Gasteiger partial charge in [0.15, 0.2) is 0 Å². The minimum atomic E-state index is -4.47. The van der Waals surface area contributed by atoms with Crippen molar-refractivity contribution in [3.8, 4) is 0 Å². The van der Waals surface area contributed by atoms with Gasteiger partial charge in [-0.05, 0) is 119 Å². The molecule has 0 aliphatic rings. The van der Waals surface area contributed by atoms with Crippen molar-refractivity contribution >= 4 is 90.7 Å². The second-order valence-corrected chi connectivity index (χ2v) is 21.3. The van der Waals surface area contributed by atoms with Gasteiger partial charge < -0.3 is 9.11 Å². The number of unbranched alkanes of at least 4 members (excludes halogenated alkanes) is 24. The van der Waals surface area contributed by atoms with E-state index in [0.29, 0.717) is 0 Å². The Morgan fingerprint density at radius 3 is 0.831 bits per heavy atom. The van der Waals surface area contributed by atoms with Gasteiger partial charge in [0.2, 0.25) is 0 Å². The zero-order valence-corrected chi connectivity index (χ0v) is 47.4. The summed E-state index contributed by atoms with van der Waals surface area (Å²) in [6, 6.07) is 19.0. The number of hydrogen-bond acceptors (Lipinski definition) is 6. The van der Waals surface area contributed by atoms with E-state index < -0.39 is 20.2 Å². The van der Waals surface area contributed by atoms with Crippen LogP contribution >= 0.6 is 0 Å². The third-order valence-corrected chi connectivity index (χ3v) is 14.7. The van der Waals surface area contributed by atoms with Crippen molar-refractivity contribution in [2.45, 2.75) is 243 Å². The van der Waals surface area contributed by atoms with Crippen LogP contribution in [-0.2, 0) is 45.9 Å². The molecule has 4 aromatic carbocycles. The SMILES string of the molecule is CCCCCCCCCc1cc(S(=O)(=O)[O-])cc2c(CCCCCCCCC)cccc12.CCCCCCCCCc1cc(S(=O)(=O)[O-])cc2c(CCCCCCCCC)cccc12.[Ba+2]. The van der Waals surface area contributed by atoms with E-state index in [0.717, 1.165) is 96.9 Å². The maximum atomic E-state index is 11.8. The first kappa shape index (κ1) is 59.9. The molecule has 0 atom stereocenters. The quantitative estimate of drug-likeness (QED) is 0.0261. The Labute approximate surface area is 438 Å². The molecule has 0 bridgehead atoms. The van der Waals surface area contributed by atoms with E-state index in [9.17, 15) is 25.9 Å². The van der Waals surface area contributed by atoms with Crippen molar-refractivity contribution in [2.24, 2.45) is 0 Å². The number of rotatable bonds is 34. The Morgan fingerprint density at radius 2 is 0.569 bits per heavy atom. The van der Waals surface area contributed by atoms with Crippen molar-refractivity contribution in [1.29, 1.82) is 0 Å². The van der Waals surface area contributed by atoms with E-state index in [-0.39, 0.29) is 58.7 Å². The summed E-state index contributed by atoms with van der Waals surface area (Å²) >= 11 is 0. The maximum absolute atomic E-state index is 11.8. The van der Waals surface area contributed by atoms with E-state index in [2.05, 4.69) is 64.1 Å². The Bertz CT molecular complexity index is 1960. The molecule has 0 radical (unpaired) electrons. The van der Waals surface area contributed by atoms with Gasteiger partial charge in [-0.25, -0.2) is 16.8 Å². The molecule has 0 aromatic heterocycles. The number of aryl methyl sites for hydroxylation is 4. The summed E-state index contributed by atoms with van der Waals surface area (Å²) < 4.78 is 71.1. The van der Waals surface area contributed by atoms with E-state index >= 15 is 0 Å². The van der Waals surface area contributed by atoms with Gasteiger partial charge in [0.25, 0.3) is 0 Å². The number of hydrogen-bond donors (Lipinski definition) is 0. The van der Waals surface area contributed by atoms with Crippen LogP contribution in [0.5, 0.6) is 0 Å². The molecule has 0 aliphatic carbocycles.